The topological polar surface area (TPSA) is 18.5 Å². The Morgan fingerprint density at radius 3 is 1.23 bits per heavy atom. The molecule has 0 fully saturated rings. The lowest BCUT2D eigenvalue weighted by atomic mass is 9.91. The third kappa shape index (κ3) is 25.7. The van der Waals surface area contributed by atoms with Crippen molar-refractivity contribution in [3.63, 3.8) is 0 Å². The Bertz CT molecular complexity index is 821. The number of unbranched alkanes of at least 4 members (excludes halogenated alkanes) is 1. The van der Waals surface area contributed by atoms with Crippen LogP contribution in [0.3, 0.4) is 0 Å². The zero-order chi connectivity index (χ0) is 33.4. The van der Waals surface area contributed by atoms with Gasteiger partial charge in [0.1, 0.15) is 0 Å². The molecule has 0 aliphatic carbocycles. The first-order valence-electron chi connectivity index (χ1n) is 17.8. The van der Waals surface area contributed by atoms with Crippen LogP contribution in [-0.4, -0.2) is 25.4 Å². The molecule has 0 aliphatic heterocycles. The molecule has 0 N–H and O–H groups in total. The predicted molar refractivity (Wildman–Crippen MR) is 198 cm³/mol. The van der Waals surface area contributed by atoms with E-state index in [0.29, 0.717) is 11.8 Å². The highest BCUT2D eigenvalue weighted by molar-refractivity contribution is 5.23. The van der Waals surface area contributed by atoms with Crippen molar-refractivity contribution in [2.75, 3.05) is 14.2 Å². The van der Waals surface area contributed by atoms with Crippen LogP contribution >= 0.6 is 0 Å². The van der Waals surface area contributed by atoms with Crippen LogP contribution in [0, 0.1) is 23.7 Å². The van der Waals surface area contributed by atoms with Gasteiger partial charge in [-0.1, -0.05) is 151 Å². The highest BCUT2D eigenvalue weighted by Gasteiger charge is 2.14. The van der Waals surface area contributed by atoms with Crippen molar-refractivity contribution in [2.45, 2.75) is 157 Å². The van der Waals surface area contributed by atoms with E-state index < -0.39 is 0 Å². The normalized spacial score (nSPS) is 17.0. The molecule has 4 unspecified atom stereocenters. The molecule has 44 heavy (non-hydrogen) atoms. The van der Waals surface area contributed by atoms with Crippen molar-refractivity contribution in [1.29, 1.82) is 0 Å². The second kappa shape index (κ2) is 24.6. The van der Waals surface area contributed by atoms with Crippen molar-refractivity contribution < 1.29 is 9.47 Å². The first-order chi connectivity index (χ1) is 20.7. The lowest BCUT2D eigenvalue weighted by molar-refractivity contribution is 0.0252. The van der Waals surface area contributed by atoms with Crippen LogP contribution in [0.15, 0.2) is 71.9 Å². The van der Waals surface area contributed by atoms with Crippen LogP contribution in [0.5, 0.6) is 0 Å². The van der Waals surface area contributed by atoms with Gasteiger partial charge in [0.15, 0.2) is 0 Å². The number of hydrogen-bond donors (Lipinski definition) is 0. The highest BCUT2D eigenvalue weighted by Crippen LogP contribution is 2.22. The van der Waals surface area contributed by atoms with Crippen molar-refractivity contribution in [2.24, 2.45) is 23.7 Å². The van der Waals surface area contributed by atoms with Crippen LogP contribution in [0.1, 0.15) is 146 Å². The maximum absolute atomic E-state index is 5.48. The molecule has 0 aromatic carbocycles. The van der Waals surface area contributed by atoms with Crippen LogP contribution < -0.4 is 0 Å². The van der Waals surface area contributed by atoms with Gasteiger partial charge < -0.3 is 9.47 Å². The number of hydrogen-bond acceptors (Lipinski definition) is 2. The summed E-state index contributed by atoms with van der Waals surface area (Å²) < 4.78 is 11.0. The number of rotatable bonds is 25. The maximum atomic E-state index is 5.48. The Morgan fingerprint density at radius 2 is 0.886 bits per heavy atom. The second-order valence-electron chi connectivity index (χ2n) is 15.0. The van der Waals surface area contributed by atoms with Gasteiger partial charge in [-0.3, -0.25) is 0 Å². The van der Waals surface area contributed by atoms with Crippen LogP contribution in [0.4, 0.5) is 0 Å². The third-order valence-electron chi connectivity index (χ3n) is 9.04. The fourth-order valence-electron chi connectivity index (χ4n) is 5.17. The van der Waals surface area contributed by atoms with Crippen LogP contribution in [0.25, 0.3) is 0 Å². The van der Waals surface area contributed by atoms with Gasteiger partial charge in [-0.05, 0) is 90.9 Å². The van der Waals surface area contributed by atoms with E-state index in [1.54, 1.807) is 14.2 Å². The molecular weight excluding hydrogens is 536 g/mol. The zero-order valence-electron chi connectivity index (χ0n) is 31.4. The van der Waals surface area contributed by atoms with Gasteiger partial charge in [0.2, 0.25) is 0 Å². The third-order valence-corrected chi connectivity index (χ3v) is 9.04. The van der Waals surface area contributed by atoms with Gasteiger partial charge in [0.25, 0.3) is 0 Å². The summed E-state index contributed by atoms with van der Waals surface area (Å²) in [5.41, 5.74) is 2.40. The molecular formula is C42H74O2. The average Bonchev–Trinajstić information content (AvgIpc) is 2.95. The van der Waals surface area contributed by atoms with Gasteiger partial charge in [-0.2, -0.15) is 0 Å². The van der Waals surface area contributed by atoms with E-state index in [0.717, 1.165) is 24.7 Å². The van der Waals surface area contributed by atoms with E-state index in [4.69, 9.17) is 9.47 Å². The summed E-state index contributed by atoms with van der Waals surface area (Å²) in [6, 6.07) is 0. The minimum atomic E-state index is -0.0906. The van der Waals surface area contributed by atoms with Crippen molar-refractivity contribution >= 4 is 0 Å². The quantitative estimate of drug-likeness (QED) is 0.0756. The molecule has 0 rings (SSSR count). The Labute approximate surface area is 276 Å². The number of ether oxygens (including phenoxy) is 2. The SMILES string of the molecule is COC(C)(C)C/C=C/C(C)=C/C=C/C(C)CCCC(C)CCCCC(C)CCCC(C)/C=C/C=C(C)/C=C/CC(C)(C)OC. The van der Waals surface area contributed by atoms with Gasteiger partial charge >= 0.3 is 0 Å². The lowest BCUT2D eigenvalue weighted by Gasteiger charge is -2.20. The van der Waals surface area contributed by atoms with E-state index in [-0.39, 0.29) is 11.2 Å². The Hall–Kier alpha value is -1.64. The highest BCUT2D eigenvalue weighted by atomic mass is 16.5. The monoisotopic (exact) mass is 611 g/mol. The molecule has 2 nitrogen and oxygen atoms in total. The summed E-state index contributed by atoms with van der Waals surface area (Å²) >= 11 is 0. The second-order valence-corrected chi connectivity index (χ2v) is 15.0. The van der Waals surface area contributed by atoms with Crippen LogP contribution in [0.2, 0.25) is 0 Å². The number of allylic oxidation sites excluding steroid dienone is 10. The Morgan fingerprint density at radius 1 is 0.545 bits per heavy atom. The van der Waals surface area contributed by atoms with Gasteiger partial charge in [0.05, 0.1) is 11.2 Å². The smallest absolute Gasteiger partial charge is 0.0657 e. The summed E-state index contributed by atoms with van der Waals surface area (Å²) in [6.07, 6.45) is 37.8. The standard InChI is InChI=1S/C42H74O2/c1-35(23-15-25-37(3)27-17-29-39(5)31-19-33-41(7,8)43-11)21-13-14-22-36(2)24-16-26-38(4)28-18-30-40(6)32-20-34-42(9,10)44-12/h17-20,27-32,35-38H,13-16,21-26,33-34H2,1-12H3/b27-17+,28-18+,31-19+,32-20+,39-29+,40-30+. The van der Waals surface area contributed by atoms with Gasteiger partial charge in [0, 0.05) is 14.2 Å². The molecule has 0 saturated carbocycles. The van der Waals surface area contributed by atoms with Crippen molar-refractivity contribution in [3.05, 3.63) is 71.9 Å². The molecule has 0 radical (unpaired) electrons. The summed E-state index contributed by atoms with van der Waals surface area (Å²) in [4.78, 5) is 0. The van der Waals surface area contributed by atoms with Crippen molar-refractivity contribution in [1.82, 2.24) is 0 Å². The molecule has 0 aliphatic rings. The molecule has 0 saturated heterocycles. The molecule has 0 aromatic heterocycles. The Balaban J connectivity index is 4.02. The van der Waals surface area contributed by atoms with Gasteiger partial charge in [-0.15, -0.1) is 0 Å². The molecule has 254 valence electrons. The number of methoxy groups -OCH3 is 2. The first kappa shape index (κ1) is 42.4. The minimum absolute atomic E-state index is 0.0906. The van der Waals surface area contributed by atoms with E-state index in [1.165, 1.54) is 75.4 Å². The largest absolute Gasteiger partial charge is 0.378 e. The first-order valence-corrected chi connectivity index (χ1v) is 17.8. The molecule has 4 atom stereocenters. The summed E-state index contributed by atoms with van der Waals surface area (Å²) in [6.45, 7) is 22.4. The molecule has 0 amide bonds. The van der Waals surface area contributed by atoms with Gasteiger partial charge in [-0.25, -0.2) is 0 Å². The van der Waals surface area contributed by atoms with E-state index >= 15 is 0 Å². The maximum Gasteiger partial charge on any atom is 0.0657 e. The summed E-state index contributed by atoms with van der Waals surface area (Å²) in [5.74, 6) is 2.98. The summed E-state index contributed by atoms with van der Waals surface area (Å²) in [5, 5.41) is 0. The molecule has 0 heterocycles. The van der Waals surface area contributed by atoms with Crippen molar-refractivity contribution in [3.8, 4) is 0 Å². The van der Waals surface area contributed by atoms with Crippen LogP contribution in [-0.2, 0) is 9.47 Å². The zero-order valence-corrected chi connectivity index (χ0v) is 31.4. The fourth-order valence-corrected chi connectivity index (χ4v) is 5.17. The lowest BCUT2D eigenvalue weighted by Crippen LogP contribution is -2.20. The van der Waals surface area contributed by atoms with E-state index in [9.17, 15) is 0 Å². The molecule has 0 aromatic rings. The molecule has 0 bridgehead atoms. The Kier molecular flexibility index (Phi) is 23.7. The summed E-state index contributed by atoms with van der Waals surface area (Å²) in [7, 11) is 3.55. The van der Waals surface area contributed by atoms with E-state index in [1.807, 2.05) is 0 Å². The molecule has 2 heteroatoms. The molecule has 0 spiro atoms. The van der Waals surface area contributed by atoms with E-state index in [2.05, 4.69) is 130 Å². The minimum Gasteiger partial charge on any atom is -0.378 e. The predicted octanol–water partition coefficient (Wildman–Crippen LogP) is 13.2. The fraction of sp³-hybridized carbons (Fsp3) is 0.714. The average molecular weight is 611 g/mol.